The SMILES string of the molecule is Nc1ccc(-c2cncnc2)s1. The van der Waals surface area contributed by atoms with Crippen LogP contribution in [0, 0.1) is 0 Å². The van der Waals surface area contributed by atoms with Crippen LogP contribution in [0.5, 0.6) is 0 Å². The van der Waals surface area contributed by atoms with Gasteiger partial charge in [0.2, 0.25) is 0 Å². The van der Waals surface area contributed by atoms with E-state index in [-0.39, 0.29) is 0 Å². The van der Waals surface area contributed by atoms with Crippen molar-refractivity contribution in [1.82, 2.24) is 9.97 Å². The molecule has 0 bridgehead atoms. The van der Waals surface area contributed by atoms with Crippen LogP contribution in [0.1, 0.15) is 0 Å². The summed E-state index contributed by atoms with van der Waals surface area (Å²) < 4.78 is 0. The van der Waals surface area contributed by atoms with Crippen LogP contribution in [0.4, 0.5) is 5.00 Å². The molecular weight excluding hydrogens is 170 g/mol. The van der Waals surface area contributed by atoms with Crippen LogP contribution in [0.3, 0.4) is 0 Å². The summed E-state index contributed by atoms with van der Waals surface area (Å²) in [6.45, 7) is 0. The molecule has 0 aliphatic heterocycles. The highest BCUT2D eigenvalue weighted by atomic mass is 32.1. The van der Waals surface area contributed by atoms with Crippen LogP contribution < -0.4 is 5.73 Å². The number of nitrogens with two attached hydrogens (primary N) is 1. The molecule has 2 heterocycles. The zero-order valence-electron chi connectivity index (χ0n) is 6.27. The van der Waals surface area contributed by atoms with Crippen LogP contribution in [0.15, 0.2) is 30.9 Å². The fourth-order valence-electron chi connectivity index (χ4n) is 0.934. The van der Waals surface area contributed by atoms with Crippen molar-refractivity contribution in [2.24, 2.45) is 0 Å². The summed E-state index contributed by atoms with van der Waals surface area (Å²) in [6, 6.07) is 3.85. The Hall–Kier alpha value is -1.42. The van der Waals surface area contributed by atoms with E-state index < -0.39 is 0 Å². The molecule has 0 unspecified atom stereocenters. The molecule has 0 amide bonds. The lowest BCUT2D eigenvalue weighted by Gasteiger charge is -1.92. The van der Waals surface area contributed by atoms with Gasteiger partial charge in [0.15, 0.2) is 0 Å². The van der Waals surface area contributed by atoms with Crippen molar-refractivity contribution in [3.63, 3.8) is 0 Å². The summed E-state index contributed by atoms with van der Waals surface area (Å²) in [5.74, 6) is 0. The Morgan fingerprint density at radius 3 is 2.50 bits per heavy atom. The lowest BCUT2D eigenvalue weighted by atomic mass is 10.3. The van der Waals surface area contributed by atoms with E-state index in [1.54, 1.807) is 12.4 Å². The molecule has 0 atom stereocenters. The third kappa shape index (κ3) is 1.29. The van der Waals surface area contributed by atoms with Crippen molar-refractivity contribution >= 4 is 16.3 Å². The first-order chi connectivity index (χ1) is 5.86. The minimum Gasteiger partial charge on any atom is -0.391 e. The van der Waals surface area contributed by atoms with Gasteiger partial charge in [-0.15, -0.1) is 11.3 Å². The molecule has 2 aromatic rings. The van der Waals surface area contributed by atoms with Gasteiger partial charge in [0, 0.05) is 22.8 Å². The maximum atomic E-state index is 5.59. The Morgan fingerprint density at radius 1 is 1.17 bits per heavy atom. The zero-order chi connectivity index (χ0) is 8.39. The molecule has 0 spiro atoms. The van der Waals surface area contributed by atoms with Gasteiger partial charge >= 0.3 is 0 Å². The fraction of sp³-hybridized carbons (Fsp3) is 0. The standard InChI is InChI=1S/C8H7N3S/c9-8-2-1-7(12-8)6-3-10-5-11-4-6/h1-5H,9H2. The molecule has 0 aliphatic rings. The minimum atomic E-state index is 0.814. The maximum Gasteiger partial charge on any atom is 0.115 e. The lowest BCUT2D eigenvalue weighted by molar-refractivity contribution is 1.17. The van der Waals surface area contributed by atoms with Crippen LogP contribution in [0.25, 0.3) is 10.4 Å². The molecular formula is C8H7N3S. The predicted octanol–water partition coefficient (Wildman–Crippen LogP) is 1.79. The summed E-state index contributed by atoms with van der Waals surface area (Å²) in [7, 11) is 0. The summed E-state index contributed by atoms with van der Waals surface area (Å²) in [5.41, 5.74) is 6.61. The molecule has 3 nitrogen and oxygen atoms in total. The number of thiophene rings is 1. The molecule has 0 aromatic carbocycles. The average Bonchev–Trinajstić information content (AvgIpc) is 2.54. The third-order valence-corrected chi connectivity index (χ3v) is 2.44. The van der Waals surface area contributed by atoms with E-state index in [0.29, 0.717) is 0 Å². The van der Waals surface area contributed by atoms with Gasteiger partial charge in [-0.05, 0) is 12.1 Å². The second-order valence-corrected chi connectivity index (χ2v) is 3.44. The number of rotatable bonds is 1. The molecule has 0 saturated carbocycles. The molecule has 0 radical (unpaired) electrons. The first-order valence-corrected chi connectivity index (χ1v) is 4.28. The van der Waals surface area contributed by atoms with Crippen molar-refractivity contribution in [1.29, 1.82) is 0 Å². The van der Waals surface area contributed by atoms with Crippen molar-refractivity contribution in [2.45, 2.75) is 0 Å². The topological polar surface area (TPSA) is 51.8 Å². The van der Waals surface area contributed by atoms with Crippen LogP contribution in [0.2, 0.25) is 0 Å². The van der Waals surface area contributed by atoms with Crippen LogP contribution >= 0.6 is 11.3 Å². The molecule has 0 aliphatic carbocycles. The molecule has 4 heteroatoms. The summed E-state index contributed by atoms with van der Waals surface area (Å²) in [6.07, 6.45) is 5.07. The van der Waals surface area contributed by atoms with Gasteiger partial charge in [-0.1, -0.05) is 0 Å². The van der Waals surface area contributed by atoms with Gasteiger partial charge in [-0.3, -0.25) is 0 Å². The van der Waals surface area contributed by atoms with Gasteiger partial charge in [-0.2, -0.15) is 0 Å². The highest BCUT2D eigenvalue weighted by molar-refractivity contribution is 7.19. The van der Waals surface area contributed by atoms with Gasteiger partial charge in [0.1, 0.15) is 6.33 Å². The molecule has 60 valence electrons. The molecule has 12 heavy (non-hydrogen) atoms. The smallest absolute Gasteiger partial charge is 0.115 e. The Labute approximate surface area is 73.9 Å². The summed E-state index contributed by atoms with van der Waals surface area (Å²) in [4.78, 5) is 8.95. The van der Waals surface area contributed by atoms with Gasteiger partial charge in [0.05, 0.1) is 5.00 Å². The highest BCUT2D eigenvalue weighted by Gasteiger charge is 1.99. The Morgan fingerprint density at radius 2 is 1.92 bits per heavy atom. The van der Waals surface area contributed by atoms with Crippen LogP contribution in [-0.4, -0.2) is 9.97 Å². The molecule has 0 saturated heterocycles. The predicted molar refractivity (Wildman–Crippen MR) is 49.8 cm³/mol. The maximum absolute atomic E-state index is 5.59. The lowest BCUT2D eigenvalue weighted by Crippen LogP contribution is -1.77. The summed E-state index contributed by atoms with van der Waals surface area (Å²) in [5, 5.41) is 0.814. The second-order valence-electron chi connectivity index (χ2n) is 2.33. The zero-order valence-corrected chi connectivity index (χ0v) is 7.08. The molecule has 2 N–H and O–H groups in total. The third-order valence-electron chi connectivity index (χ3n) is 1.47. The largest absolute Gasteiger partial charge is 0.391 e. The normalized spacial score (nSPS) is 10.0. The van der Waals surface area contributed by atoms with Crippen LogP contribution in [-0.2, 0) is 0 Å². The van der Waals surface area contributed by atoms with E-state index in [1.165, 1.54) is 17.7 Å². The van der Waals surface area contributed by atoms with Gasteiger partial charge in [-0.25, -0.2) is 9.97 Å². The Balaban J connectivity index is 2.45. The number of nitrogens with zero attached hydrogens (tertiary/aromatic N) is 2. The van der Waals surface area contributed by atoms with E-state index in [2.05, 4.69) is 9.97 Å². The van der Waals surface area contributed by atoms with Crippen molar-refractivity contribution in [3.8, 4) is 10.4 Å². The first kappa shape index (κ1) is 7.24. The second kappa shape index (κ2) is 2.91. The van der Waals surface area contributed by atoms with E-state index >= 15 is 0 Å². The number of hydrogen-bond acceptors (Lipinski definition) is 4. The minimum absolute atomic E-state index is 0.814. The quantitative estimate of drug-likeness (QED) is 0.722. The molecule has 2 rings (SSSR count). The fourth-order valence-corrected chi connectivity index (χ4v) is 1.68. The highest BCUT2D eigenvalue weighted by Crippen LogP contribution is 2.27. The Kier molecular flexibility index (Phi) is 1.75. The average molecular weight is 177 g/mol. The number of aromatic nitrogens is 2. The van der Waals surface area contributed by atoms with Crippen molar-refractivity contribution < 1.29 is 0 Å². The van der Waals surface area contributed by atoms with Crippen molar-refractivity contribution in [2.75, 3.05) is 5.73 Å². The molecule has 2 aromatic heterocycles. The number of nitrogen functional groups attached to an aromatic ring is 1. The Bertz CT molecular complexity index is 369. The number of hydrogen-bond donors (Lipinski definition) is 1. The monoisotopic (exact) mass is 177 g/mol. The summed E-state index contributed by atoms with van der Waals surface area (Å²) >= 11 is 1.54. The van der Waals surface area contributed by atoms with Crippen molar-refractivity contribution in [3.05, 3.63) is 30.9 Å². The molecule has 0 fully saturated rings. The number of anilines is 1. The van der Waals surface area contributed by atoms with E-state index in [0.717, 1.165) is 15.4 Å². The van der Waals surface area contributed by atoms with E-state index in [4.69, 9.17) is 5.73 Å². The van der Waals surface area contributed by atoms with Gasteiger partial charge < -0.3 is 5.73 Å². The van der Waals surface area contributed by atoms with E-state index in [1.807, 2.05) is 12.1 Å². The van der Waals surface area contributed by atoms with Gasteiger partial charge in [0.25, 0.3) is 0 Å². The van der Waals surface area contributed by atoms with E-state index in [9.17, 15) is 0 Å². The first-order valence-electron chi connectivity index (χ1n) is 3.47.